The number of carbonyl (C=O) groups excluding carboxylic acids is 1. The molecular formula is C15H16N2O2. The zero-order valence-electron chi connectivity index (χ0n) is 10.8. The van der Waals surface area contributed by atoms with Gasteiger partial charge in [0.05, 0.1) is 12.8 Å². The smallest absolute Gasteiger partial charge is 0.227 e. The van der Waals surface area contributed by atoms with E-state index in [0.717, 1.165) is 41.6 Å². The molecule has 1 amide bonds. The van der Waals surface area contributed by atoms with Crippen LogP contribution in [-0.4, -0.2) is 18.0 Å². The predicted molar refractivity (Wildman–Crippen MR) is 74.3 cm³/mol. The Morgan fingerprint density at radius 2 is 2.21 bits per heavy atom. The standard InChI is InChI=1S/C15H16N2O2/c1-19-13-8-7-12(11-6-3-9-16-14(11)13)17-15(18)10-4-2-5-10/h3,6-10H,2,4-5H2,1H3,(H,17,18). The number of ether oxygens (including phenoxy) is 1. The summed E-state index contributed by atoms with van der Waals surface area (Å²) < 4.78 is 5.29. The van der Waals surface area contributed by atoms with Gasteiger partial charge in [0, 0.05) is 17.5 Å². The van der Waals surface area contributed by atoms with Crippen LogP contribution in [0.15, 0.2) is 30.5 Å². The van der Waals surface area contributed by atoms with Gasteiger partial charge in [0.25, 0.3) is 0 Å². The van der Waals surface area contributed by atoms with Gasteiger partial charge in [0.2, 0.25) is 5.91 Å². The maximum absolute atomic E-state index is 12.0. The zero-order valence-corrected chi connectivity index (χ0v) is 10.8. The number of benzene rings is 1. The van der Waals surface area contributed by atoms with Crippen molar-refractivity contribution in [2.75, 3.05) is 12.4 Å². The van der Waals surface area contributed by atoms with Crippen LogP contribution in [0.3, 0.4) is 0 Å². The number of pyridine rings is 1. The SMILES string of the molecule is COc1ccc(NC(=O)C2CCC2)c2cccnc12. The van der Waals surface area contributed by atoms with E-state index in [9.17, 15) is 4.79 Å². The van der Waals surface area contributed by atoms with E-state index in [2.05, 4.69) is 10.3 Å². The highest BCUT2D eigenvalue weighted by atomic mass is 16.5. The van der Waals surface area contributed by atoms with Crippen molar-refractivity contribution < 1.29 is 9.53 Å². The highest BCUT2D eigenvalue weighted by Gasteiger charge is 2.25. The van der Waals surface area contributed by atoms with E-state index in [1.807, 2.05) is 24.3 Å². The van der Waals surface area contributed by atoms with Crippen LogP contribution in [0.5, 0.6) is 5.75 Å². The normalized spacial score (nSPS) is 15.0. The summed E-state index contributed by atoms with van der Waals surface area (Å²) in [6.07, 6.45) is 4.88. The number of amides is 1. The van der Waals surface area contributed by atoms with E-state index in [1.165, 1.54) is 0 Å². The third-order valence-electron chi connectivity index (χ3n) is 3.69. The van der Waals surface area contributed by atoms with E-state index in [0.29, 0.717) is 0 Å². The Labute approximate surface area is 111 Å². The first kappa shape index (κ1) is 12.0. The van der Waals surface area contributed by atoms with Crippen LogP contribution < -0.4 is 10.1 Å². The average molecular weight is 256 g/mol. The lowest BCUT2D eigenvalue weighted by Gasteiger charge is -2.24. The molecule has 0 bridgehead atoms. The minimum absolute atomic E-state index is 0.113. The van der Waals surface area contributed by atoms with Crippen LogP contribution in [0.25, 0.3) is 10.9 Å². The molecular weight excluding hydrogens is 240 g/mol. The van der Waals surface area contributed by atoms with Crippen molar-refractivity contribution in [3.8, 4) is 5.75 Å². The molecule has 1 N–H and O–H groups in total. The van der Waals surface area contributed by atoms with Crippen molar-refractivity contribution in [1.82, 2.24) is 4.98 Å². The maximum atomic E-state index is 12.0. The minimum Gasteiger partial charge on any atom is -0.494 e. The van der Waals surface area contributed by atoms with Crippen LogP contribution in [0, 0.1) is 5.92 Å². The fraction of sp³-hybridized carbons (Fsp3) is 0.333. The zero-order chi connectivity index (χ0) is 13.2. The first-order chi connectivity index (χ1) is 9.29. The van der Waals surface area contributed by atoms with Crippen molar-refractivity contribution >= 4 is 22.5 Å². The number of hydrogen-bond donors (Lipinski definition) is 1. The summed E-state index contributed by atoms with van der Waals surface area (Å²) in [5.41, 5.74) is 1.58. The molecule has 4 heteroatoms. The first-order valence-corrected chi connectivity index (χ1v) is 6.52. The molecule has 1 aromatic carbocycles. The second-order valence-electron chi connectivity index (χ2n) is 4.83. The Morgan fingerprint density at radius 1 is 1.37 bits per heavy atom. The van der Waals surface area contributed by atoms with Crippen LogP contribution >= 0.6 is 0 Å². The van der Waals surface area contributed by atoms with Gasteiger partial charge < -0.3 is 10.1 Å². The summed E-state index contributed by atoms with van der Waals surface area (Å²) in [4.78, 5) is 16.4. The molecule has 0 atom stereocenters. The lowest BCUT2D eigenvalue weighted by atomic mass is 9.85. The number of methoxy groups -OCH3 is 1. The quantitative estimate of drug-likeness (QED) is 0.918. The first-order valence-electron chi connectivity index (χ1n) is 6.52. The molecule has 0 radical (unpaired) electrons. The molecule has 1 aliphatic carbocycles. The number of aromatic nitrogens is 1. The Balaban J connectivity index is 1.97. The van der Waals surface area contributed by atoms with Crippen molar-refractivity contribution in [3.05, 3.63) is 30.5 Å². The predicted octanol–water partition coefficient (Wildman–Crippen LogP) is 2.98. The molecule has 1 heterocycles. The molecule has 3 rings (SSSR count). The second kappa shape index (κ2) is 4.88. The molecule has 0 spiro atoms. The van der Waals surface area contributed by atoms with Gasteiger partial charge >= 0.3 is 0 Å². The Kier molecular flexibility index (Phi) is 3.07. The molecule has 0 aliphatic heterocycles. The summed E-state index contributed by atoms with van der Waals surface area (Å²) in [6, 6.07) is 7.52. The maximum Gasteiger partial charge on any atom is 0.227 e. The third-order valence-corrected chi connectivity index (χ3v) is 3.69. The van der Waals surface area contributed by atoms with Gasteiger partial charge in [-0.05, 0) is 37.1 Å². The van der Waals surface area contributed by atoms with Crippen molar-refractivity contribution in [2.45, 2.75) is 19.3 Å². The van der Waals surface area contributed by atoms with E-state index in [1.54, 1.807) is 13.3 Å². The largest absolute Gasteiger partial charge is 0.494 e. The van der Waals surface area contributed by atoms with Gasteiger partial charge in [0.15, 0.2) is 0 Å². The number of fused-ring (bicyclic) bond motifs is 1. The molecule has 19 heavy (non-hydrogen) atoms. The van der Waals surface area contributed by atoms with E-state index < -0.39 is 0 Å². The van der Waals surface area contributed by atoms with Gasteiger partial charge in [-0.25, -0.2) is 0 Å². The van der Waals surface area contributed by atoms with E-state index in [4.69, 9.17) is 4.74 Å². The van der Waals surface area contributed by atoms with Gasteiger partial charge in [-0.3, -0.25) is 9.78 Å². The third kappa shape index (κ3) is 2.14. The number of hydrogen-bond acceptors (Lipinski definition) is 3. The Bertz CT molecular complexity index is 621. The van der Waals surface area contributed by atoms with Crippen LogP contribution in [0.4, 0.5) is 5.69 Å². The molecule has 1 aliphatic rings. The molecule has 1 aromatic heterocycles. The number of nitrogens with one attached hydrogen (secondary N) is 1. The summed E-state index contributed by atoms with van der Waals surface area (Å²) in [5.74, 6) is 1.01. The van der Waals surface area contributed by atoms with E-state index in [-0.39, 0.29) is 11.8 Å². The summed E-state index contributed by atoms with van der Waals surface area (Å²) >= 11 is 0. The van der Waals surface area contributed by atoms with Gasteiger partial charge in [-0.15, -0.1) is 0 Å². The van der Waals surface area contributed by atoms with Crippen LogP contribution in [-0.2, 0) is 4.79 Å². The molecule has 1 saturated carbocycles. The van der Waals surface area contributed by atoms with Gasteiger partial charge in [-0.2, -0.15) is 0 Å². The summed E-state index contributed by atoms with van der Waals surface area (Å²) in [6.45, 7) is 0. The highest BCUT2D eigenvalue weighted by Crippen LogP contribution is 2.32. The van der Waals surface area contributed by atoms with Gasteiger partial charge in [-0.1, -0.05) is 6.42 Å². The van der Waals surface area contributed by atoms with Gasteiger partial charge in [0.1, 0.15) is 11.3 Å². The topological polar surface area (TPSA) is 51.2 Å². The number of nitrogens with zero attached hydrogens (tertiary/aromatic N) is 1. The highest BCUT2D eigenvalue weighted by molar-refractivity contribution is 6.03. The Hall–Kier alpha value is -2.10. The Morgan fingerprint density at radius 3 is 2.89 bits per heavy atom. The second-order valence-corrected chi connectivity index (χ2v) is 4.83. The lowest BCUT2D eigenvalue weighted by molar-refractivity contribution is -0.122. The number of rotatable bonds is 3. The van der Waals surface area contributed by atoms with Crippen molar-refractivity contribution in [3.63, 3.8) is 0 Å². The molecule has 1 fully saturated rings. The molecule has 4 nitrogen and oxygen atoms in total. The fourth-order valence-corrected chi connectivity index (χ4v) is 2.33. The monoisotopic (exact) mass is 256 g/mol. The average Bonchev–Trinajstić information content (AvgIpc) is 2.37. The van der Waals surface area contributed by atoms with Crippen molar-refractivity contribution in [2.24, 2.45) is 5.92 Å². The van der Waals surface area contributed by atoms with Crippen LogP contribution in [0.2, 0.25) is 0 Å². The van der Waals surface area contributed by atoms with E-state index >= 15 is 0 Å². The van der Waals surface area contributed by atoms with Crippen LogP contribution in [0.1, 0.15) is 19.3 Å². The summed E-state index contributed by atoms with van der Waals surface area (Å²) in [7, 11) is 1.62. The molecule has 98 valence electrons. The number of anilines is 1. The van der Waals surface area contributed by atoms with Crippen molar-refractivity contribution in [1.29, 1.82) is 0 Å². The molecule has 2 aromatic rings. The molecule has 0 unspecified atom stereocenters. The number of carbonyl (C=O) groups is 1. The fourth-order valence-electron chi connectivity index (χ4n) is 2.33. The molecule has 0 saturated heterocycles. The lowest BCUT2D eigenvalue weighted by Crippen LogP contribution is -2.28. The minimum atomic E-state index is 0.113. The summed E-state index contributed by atoms with van der Waals surface area (Å²) in [5, 5.41) is 3.92.